The van der Waals surface area contributed by atoms with Crippen molar-refractivity contribution in [1.82, 2.24) is 10.2 Å². The molecule has 140 valence electrons. The van der Waals surface area contributed by atoms with Gasteiger partial charge in [0.2, 0.25) is 0 Å². The maximum atomic E-state index is 12.8. The van der Waals surface area contributed by atoms with Gasteiger partial charge < -0.3 is 19.7 Å². The van der Waals surface area contributed by atoms with Crippen LogP contribution >= 0.6 is 11.3 Å². The molecule has 7 nitrogen and oxygen atoms in total. The van der Waals surface area contributed by atoms with E-state index in [9.17, 15) is 14.4 Å². The number of carbonyl (C=O) groups is 3. The lowest BCUT2D eigenvalue weighted by molar-refractivity contribution is -0.150. The van der Waals surface area contributed by atoms with Crippen LogP contribution in [0, 0.1) is 0 Å². The SMILES string of the molecule is CCOC(=O)N1CCC2(CC1)OC(=O)C(C)=C2C(=O)NCc1cccs1. The molecule has 0 atom stereocenters. The first-order valence-electron chi connectivity index (χ1n) is 8.64. The molecule has 0 bridgehead atoms. The van der Waals surface area contributed by atoms with E-state index in [2.05, 4.69) is 5.32 Å². The van der Waals surface area contributed by atoms with Crippen molar-refractivity contribution in [2.45, 2.75) is 38.8 Å². The van der Waals surface area contributed by atoms with Gasteiger partial charge in [0.05, 0.1) is 18.7 Å². The highest BCUT2D eigenvalue weighted by molar-refractivity contribution is 7.09. The highest BCUT2D eigenvalue weighted by Crippen LogP contribution is 2.41. The Hall–Kier alpha value is -2.35. The summed E-state index contributed by atoms with van der Waals surface area (Å²) in [5, 5.41) is 4.83. The van der Waals surface area contributed by atoms with Crippen molar-refractivity contribution in [1.29, 1.82) is 0 Å². The van der Waals surface area contributed by atoms with Crippen molar-refractivity contribution in [3.8, 4) is 0 Å². The predicted octanol–water partition coefficient (Wildman–Crippen LogP) is 2.23. The normalized spacial score (nSPS) is 18.8. The Balaban J connectivity index is 1.72. The van der Waals surface area contributed by atoms with Gasteiger partial charge in [0.15, 0.2) is 0 Å². The Labute approximate surface area is 156 Å². The number of hydrogen-bond donors (Lipinski definition) is 1. The van der Waals surface area contributed by atoms with E-state index in [1.54, 1.807) is 30.1 Å². The van der Waals surface area contributed by atoms with Crippen LogP contribution in [-0.4, -0.2) is 48.2 Å². The summed E-state index contributed by atoms with van der Waals surface area (Å²) < 4.78 is 10.6. The third-order valence-corrected chi connectivity index (χ3v) is 5.63. The maximum absolute atomic E-state index is 12.8. The molecule has 0 aromatic carbocycles. The largest absolute Gasteiger partial charge is 0.450 e. The molecule has 26 heavy (non-hydrogen) atoms. The van der Waals surface area contributed by atoms with Crippen LogP contribution in [-0.2, 0) is 25.6 Å². The lowest BCUT2D eigenvalue weighted by Gasteiger charge is -2.38. The number of hydrogen-bond acceptors (Lipinski definition) is 6. The number of nitrogens with one attached hydrogen (secondary N) is 1. The first kappa shape index (κ1) is 18.4. The fraction of sp³-hybridized carbons (Fsp3) is 0.500. The number of ether oxygens (including phenoxy) is 2. The van der Waals surface area contributed by atoms with E-state index in [0.29, 0.717) is 50.2 Å². The van der Waals surface area contributed by atoms with Crippen LogP contribution in [0.2, 0.25) is 0 Å². The van der Waals surface area contributed by atoms with Crippen LogP contribution in [0.25, 0.3) is 0 Å². The van der Waals surface area contributed by atoms with Crippen molar-refractivity contribution in [3.63, 3.8) is 0 Å². The molecule has 0 unspecified atom stereocenters. The van der Waals surface area contributed by atoms with Gasteiger partial charge in [0.1, 0.15) is 5.60 Å². The van der Waals surface area contributed by atoms with E-state index in [4.69, 9.17) is 9.47 Å². The molecule has 1 fully saturated rings. The lowest BCUT2D eigenvalue weighted by atomic mass is 9.83. The fourth-order valence-electron chi connectivity index (χ4n) is 3.41. The molecule has 1 saturated heterocycles. The Bertz CT molecular complexity index is 733. The van der Waals surface area contributed by atoms with E-state index < -0.39 is 11.6 Å². The minimum atomic E-state index is -0.955. The summed E-state index contributed by atoms with van der Waals surface area (Å²) in [7, 11) is 0. The van der Waals surface area contributed by atoms with Gasteiger partial charge in [-0.05, 0) is 25.3 Å². The van der Waals surface area contributed by atoms with Crippen LogP contribution in [0.15, 0.2) is 28.7 Å². The molecular formula is C18H22N2O5S. The molecule has 0 radical (unpaired) electrons. The quantitative estimate of drug-likeness (QED) is 0.812. The third-order valence-electron chi connectivity index (χ3n) is 4.75. The molecule has 1 aromatic heterocycles. The van der Waals surface area contributed by atoms with Gasteiger partial charge in [-0.1, -0.05) is 6.07 Å². The minimum Gasteiger partial charge on any atom is -0.450 e. The molecule has 2 aliphatic heterocycles. The highest BCUT2D eigenvalue weighted by atomic mass is 32.1. The molecule has 0 aliphatic carbocycles. The number of carbonyl (C=O) groups excluding carboxylic acids is 3. The molecule has 1 spiro atoms. The van der Waals surface area contributed by atoms with Gasteiger partial charge in [-0.25, -0.2) is 9.59 Å². The van der Waals surface area contributed by atoms with Crippen molar-refractivity contribution >= 4 is 29.3 Å². The molecule has 8 heteroatoms. The topological polar surface area (TPSA) is 84.9 Å². The second-order valence-electron chi connectivity index (χ2n) is 6.33. The fourth-order valence-corrected chi connectivity index (χ4v) is 4.06. The molecule has 2 aliphatic rings. The minimum absolute atomic E-state index is 0.286. The number of piperidine rings is 1. The van der Waals surface area contributed by atoms with E-state index in [-0.39, 0.29) is 12.0 Å². The van der Waals surface area contributed by atoms with Gasteiger partial charge in [-0.2, -0.15) is 0 Å². The van der Waals surface area contributed by atoms with E-state index in [1.807, 2.05) is 17.5 Å². The van der Waals surface area contributed by atoms with Crippen molar-refractivity contribution in [2.75, 3.05) is 19.7 Å². The maximum Gasteiger partial charge on any atom is 0.409 e. The zero-order valence-corrected chi connectivity index (χ0v) is 15.7. The molecule has 1 aromatic rings. The number of esters is 1. The summed E-state index contributed by atoms with van der Waals surface area (Å²) in [6.07, 6.45) is 0.392. The first-order chi connectivity index (χ1) is 12.5. The third kappa shape index (κ3) is 3.46. The Morgan fingerprint density at radius 3 is 2.73 bits per heavy atom. The van der Waals surface area contributed by atoms with Gasteiger partial charge in [-0.3, -0.25) is 4.79 Å². The first-order valence-corrected chi connectivity index (χ1v) is 9.52. The summed E-state index contributed by atoms with van der Waals surface area (Å²) in [5.41, 5.74) is -0.218. The highest BCUT2D eigenvalue weighted by Gasteiger charge is 2.51. The van der Waals surface area contributed by atoms with Crippen LogP contribution in [0.4, 0.5) is 4.79 Å². The second-order valence-corrected chi connectivity index (χ2v) is 7.36. The van der Waals surface area contributed by atoms with Crippen LogP contribution in [0.3, 0.4) is 0 Å². The van der Waals surface area contributed by atoms with E-state index in [0.717, 1.165) is 4.88 Å². The number of likely N-dealkylation sites (tertiary alicyclic amines) is 1. The van der Waals surface area contributed by atoms with Crippen molar-refractivity contribution < 1.29 is 23.9 Å². The molecular weight excluding hydrogens is 356 g/mol. The number of thiophene rings is 1. The average molecular weight is 378 g/mol. The monoisotopic (exact) mass is 378 g/mol. The van der Waals surface area contributed by atoms with Crippen LogP contribution in [0.1, 0.15) is 31.6 Å². The molecule has 1 N–H and O–H groups in total. The van der Waals surface area contributed by atoms with E-state index >= 15 is 0 Å². The summed E-state index contributed by atoms with van der Waals surface area (Å²) in [5.74, 6) is -0.748. The Kier molecular flexibility index (Phi) is 5.31. The number of rotatable bonds is 4. The van der Waals surface area contributed by atoms with Gasteiger partial charge in [0.25, 0.3) is 5.91 Å². The summed E-state index contributed by atoms with van der Waals surface area (Å²) in [4.78, 5) is 39.4. The zero-order valence-electron chi connectivity index (χ0n) is 14.9. The Morgan fingerprint density at radius 2 is 2.12 bits per heavy atom. The van der Waals surface area contributed by atoms with Crippen molar-refractivity contribution in [2.24, 2.45) is 0 Å². The number of nitrogens with zero attached hydrogens (tertiary/aromatic N) is 1. The molecule has 2 amide bonds. The summed E-state index contributed by atoms with van der Waals surface area (Å²) >= 11 is 1.56. The lowest BCUT2D eigenvalue weighted by Crippen LogP contribution is -2.50. The second kappa shape index (κ2) is 7.49. The predicted molar refractivity (Wildman–Crippen MR) is 95.5 cm³/mol. The zero-order chi connectivity index (χ0) is 18.7. The van der Waals surface area contributed by atoms with Crippen molar-refractivity contribution in [3.05, 3.63) is 33.5 Å². The van der Waals surface area contributed by atoms with E-state index in [1.165, 1.54) is 0 Å². The van der Waals surface area contributed by atoms with Gasteiger partial charge >= 0.3 is 12.1 Å². The standard InChI is InChI=1S/C18H22N2O5S/c1-3-24-17(23)20-8-6-18(7-9-20)14(12(2)16(22)25-18)15(21)19-11-13-5-4-10-26-13/h4-5,10H,3,6-9,11H2,1-2H3,(H,19,21). The average Bonchev–Trinajstić information content (AvgIpc) is 3.21. The Morgan fingerprint density at radius 1 is 1.38 bits per heavy atom. The number of amides is 2. The summed E-state index contributed by atoms with van der Waals surface area (Å²) in [6.45, 7) is 4.85. The van der Waals surface area contributed by atoms with Gasteiger partial charge in [-0.15, -0.1) is 11.3 Å². The molecule has 0 saturated carbocycles. The molecule has 3 heterocycles. The molecule has 3 rings (SSSR count). The smallest absolute Gasteiger partial charge is 0.409 e. The van der Waals surface area contributed by atoms with Crippen LogP contribution < -0.4 is 5.32 Å². The van der Waals surface area contributed by atoms with Crippen LogP contribution in [0.5, 0.6) is 0 Å². The summed E-state index contributed by atoms with van der Waals surface area (Å²) in [6, 6.07) is 3.86. The van der Waals surface area contributed by atoms with Gasteiger partial charge in [0, 0.05) is 36.4 Å².